The van der Waals surface area contributed by atoms with E-state index in [4.69, 9.17) is 4.74 Å². The first-order valence-corrected chi connectivity index (χ1v) is 10.2. The molecular formula is C22H25N5O3. The van der Waals surface area contributed by atoms with Crippen molar-refractivity contribution in [1.82, 2.24) is 25.6 Å². The first-order chi connectivity index (χ1) is 14.4. The normalized spacial score (nSPS) is 15.3. The van der Waals surface area contributed by atoms with E-state index in [2.05, 4.69) is 25.6 Å². The molecule has 0 aliphatic heterocycles. The molecule has 1 aromatic carbocycles. The number of hydrogen-bond donors (Lipinski definition) is 3. The van der Waals surface area contributed by atoms with Crippen LogP contribution in [0.5, 0.6) is 11.6 Å². The Labute approximate surface area is 174 Å². The van der Waals surface area contributed by atoms with Crippen molar-refractivity contribution in [3.8, 4) is 11.6 Å². The summed E-state index contributed by atoms with van der Waals surface area (Å²) >= 11 is 0. The van der Waals surface area contributed by atoms with Gasteiger partial charge < -0.3 is 20.4 Å². The molecule has 4 rings (SSSR count). The highest BCUT2D eigenvalue weighted by Crippen LogP contribution is 2.35. The van der Waals surface area contributed by atoms with Crippen molar-refractivity contribution >= 4 is 23.0 Å². The van der Waals surface area contributed by atoms with Crippen molar-refractivity contribution < 1.29 is 14.3 Å². The molecule has 8 nitrogen and oxygen atoms in total. The van der Waals surface area contributed by atoms with Gasteiger partial charge in [-0.05, 0) is 49.9 Å². The lowest BCUT2D eigenvalue weighted by atomic mass is 10.1. The Kier molecular flexibility index (Phi) is 5.39. The molecule has 0 radical (unpaired) electrons. The molecule has 2 aromatic heterocycles. The van der Waals surface area contributed by atoms with E-state index in [1.165, 1.54) is 11.8 Å². The third kappa shape index (κ3) is 3.98. The summed E-state index contributed by atoms with van der Waals surface area (Å²) in [5, 5.41) is 5.92. The van der Waals surface area contributed by atoms with Gasteiger partial charge in [0.15, 0.2) is 5.65 Å². The van der Waals surface area contributed by atoms with Gasteiger partial charge in [0.05, 0.1) is 17.8 Å². The van der Waals surface area contributed by atoms with E-state index in [0.717, 1.165) is 18.4 Å². The zero-order chi connectivity index (χ0) is 21.3. The fourth-order valence-corrected chi connectivity index (χ4v) is 3.65. The number of rotatable bonds is 6. The molecule has 0 spiro atoms. The van der Waals surface area contributed by atoms with Gasteiger partial charge in [0, 0.05) is 18.7 Å². The quantitative estimate of drug-likeness (QED) is 0.580. The summed E-state index contributed by atoms with van der Waals surface area (Å²) in [6, 6.07) is 5.87. The number of amides is 2. The van der Waals surface area contributed by atoms with Crippen LogP contribution < -0.4 is 15.4 Å². The third-order valence-corrected chi connectivity index (χ3v) is 5.10. The lowest BCUT2D eigenvalue weighted by Gasteiger charge is -2.14. The maximum atomic E-state index is 12.4. The second kappa shape index (κ2) is 8.14. The lowest BCUT2D eigenvalue weighted by Crippen LogP contribution is -2.29. The average Bonchev–Trinajstić information content (AvgIpc) is 3.31. The van der Waals surface area contributed by atoms with Crippen molar-refractivity contribution in [3.05, 3.63) is 47.3 Å². The number of aromatic nitrogens is 3. The fourth-order valence-electron chi connectivity index (χ4n) is 3.65. The van der Waals surface area contributed by atoms with E-state index in [9.17, 15) is 9.59 Å². The summed E-state index contributed by atoms with van der Waals surface area (Å²) in [6.07, 6.45) is 5.39. The second-order valence-electron chi connectivity index (χ2n) is 7.71. The van der Waals surface area contributed by atoms with E-state index in [-0.39, 0.29) is 23.9 Å². The number of H-pyrrole nitrogens is 1. The Hall–Kier alpha value is -3.42. The molecule has 30 heavy (non-hydrogen) atoms. The van der Waals surface area contributed by atoms with Gasteiger partial charge in [0.2, 0.25) is 11.8 Å². The predicted octanol–water partition coefficient (Wildman–Crippen LogP) is 3.40. The Balaban J connectivity index is 1.58. The number of nitrogens with one attached hydrogen (secondary N) is 3. The minimum absolute atomic E-state index is 0.000528. The van der Waals surface area contributed by atoms with Gasteiger partial charge in [-0.2, -0.15) is 0 Å². The monoisotopic (exact) mass is 407 g/mol. The van der Waals surface area contributed by atoms with Crippen LogP contribution in [0.15, 0.2) is 30.6 Å². The van der Waals surface area contributed by atoms with Gasteiger partial charge in [-0.3, -0.25) is 9.59 Å². The van der Waals surface area contributed by atoms with E-state index < -0.39 is 0 Å². The van der Waals surface area contributed by atoms with Crippen LogP contribution in [0.2, 0.25) is 0 Å². The number of nitrogens with zero attached hydrogens (tertiary/aromatic N) is 2. The van der Waals surface area contributed by atoms with Crippen molar-refractivity contribution in [2.24, 2.45) is 0 Å². The molecule has 1 aliphatic carbocycles. The van der Waals surface area contributed by atoms with Crippen LogP contribution in [0.4, 0.5) is 0 Å². The number of carbonyl (C=O) groups is 2. The van der Waals surface area contributed by atoms with Crippen LogP contribution in [0.3, 0.4) is 0 Å². The summed E-state index contributed by atoms with van der Waals surface area (Å²) in [4.78, 5) is 36.0. The summed E-state index contributed by atoms with van der Waals surface area (Å²) in [5.41, 5.74) is 3.69. The van der Waals surface area contributed by atoms with Crippen molar-refractivity contribution in [3.63, 3.8) is 0 Å². The average molecular weight is 407 g/mol. The topological polar surface area (TPSA) is 109 Å². The van der Waals surface area contributed by atoms with Crippen LogP contribution in [-0.2, 0) is 11.2 Å². The van der Waals surface area contributed by atoms with Crippen molar-refractivity contribution in [2.75, 3.05) is 0 Å². The number of benzene rings is 1. The van der Waals surface area contributed by atoms with Crippen molar-refractivity contribution in [1.29, 1.82) is 0 Å². The Morgan fingerprint density at radius 1 is 1.33 bits per heavy atom. The molecule has 156 valence electrons. The smallest absolute Gasteiger partial charge is 0.255 e. The molecule has 2 amide bonds. The number of aryl methyl sites for hydroxylation is 1. The Morgan fingerprint density at radius 2 is 2.17 bits per heavy atom. The molecule has 0 saturated carbocycles. The van der Waals surface area contributed by atoms with E-state index in [0.29, 0.717) is 34.8 Å². The van der Waals surface area contributed by atoms with Gasteiger partial charge in [-0.1, -0.05) is 13.0 Å². The molecular weight excluding hydrogens is 382 g/mol. The molecule has 1 unspecified atom stereocenters. The van der Waals surface area contributed by atoms with Gasteiger partial charge in [0.1, 0.15) is 11.3 Å². The molecule has 3 aromatic rings. The maximum Gasteiger partial charge on any atom is 0.255 e. The van der Waals surface area contributed by atoms with Gasteiger partial charge in [-0.25, -0.2) is 9.97 Å². The van der Waals surface area contributed by atoms with Crippen LogP contribution in [0.25, 0.3) is 11.2 Å². The van der Waals surface area contributed by atoms with Crippen LogP contribution >= 0.6 is 0 Å². The van der Waals surface area contributed by atoms with E-state index >= 15 is 0 Å². The first-order valence-electron chi connectivity index (χ1n) is 10.2. The van der Waals surface area contributed by atoms with Crippen LogP contribution in [-0.4, -0.2) is 32.8 Å². The SMILES string of the molecule is CCC(=O)NC1CCc2ccc(Oc3cnc4[nH]cc(C(=O)NC(C)C)c4n3)cc21. The highest BCUT2D eigenvalue weighted by molar-refractivity contribution is 6.04. The Morgan fingerprint density at radius 3 is 2.93 bits per heavy atom. The summed E-state index contributed by atoms with van der Waals surface area (Å²) < 4.78 is 5.94. The van der Waals surface area contributed by atoms with Crippen LogP contribution in [0.1, 0.15) is 61.1 Å². The highest BCUT2D eigenvalue weighted by atomic mass is 16.5. The molecule has 0 bridgehead atoms. The standard InChI is InChI=1S/C22H25N5O3/c1-4-18(28)26-17-8-6-13-5-7-14(9-15(13)17)30-19-11-24-21-20(27-19)16(10-23-21)22(29)25-12(2)3/h5,7,9-12,17H,4,6,8H2,1-3H3,(H,23,24)(H,25,29)(H,26,28). The molecule has 1 atom stereocenters. The number of fused-ring (bicyclic) bond motifs is 2. The van der Waals surface area contributed by atoms with Gasteiger partial charge >= 0.3 is 0 Å². The molecule has 2 heterocycles. The summed E-state index contributed by atoms with van der Waals surface area (Å²) in [6.45, 7) is 5.64. The number of ether oxygens (including phenoxy) is 1. The minimum Gasteiger partial charge on any atom is -0.437 e. The van der Waals surface area contributed by atoms with E-state index in [1.807, 2.05) is 39.0 Å². The summed E-state index contributed by atoms with van der Waals surface area (Å²) in [7, 11) is 0. The minimum atomic E-state index is -0.213. The van der Waals surface area contributed by atoms with Gasteiger partial charge in [0.25, 0.3) is 5.91 Å². The van der Waals surface area contributed by atoms with E-state index in [1.54, 1.807) is 6.20 Å². The molecule has 0 fully saturated rings. The summed E-state index contributed by atoms with van der Waals surface area (Å²) in [5.74, 6) is 0.737. The third-order valence-electron chi connectivity index (χ3n) is 5.10. The molecule has 0 saturated heterocycles. The lowest BCUT2D eigenvalue weighted by molar-refractivity contribution is -0.121. The number of hydrogen-bond acceptors (Lipinski definition) is 5. The number of carbonyl (C=O) groups excluding carboxylic acids is 2. The number of aromatic amines is 1. The fraction of sp³-hybridized carbons (Fsp3) is 0.364. The van der Waals surface area contributed by atoms with Crippen LogP contribution in [0, 0.1) is 0 Å². The highest BCUT2D eigenvalue weighted by Gasteiger charge is 2.24. The predicted molar refractivity (Wildman–Crippen MR) is 113 cm³/mol. The Bertz CT molecular complexity index is 1110. The zero-order valence-corrected chi connectivity index (χ0v) is 17.3. The largest absolute Gasteiger partial charge is 0.437 e. The zero-order valence-electron chi connectivity index (χ0n) is 17.3. The molecule has 1 aliphatic rings. The van der Waals surface area contributed by atoms with Gasteiger partial charge in [-0.15, -0.1) is 0 Å². The maximum absolute atomic E-state index is 12.4. The molecule has 8 heteroatoms. The molecule has 3 N–H and O–H groups in total. The second-order valence-corrected chi connectivity index (χ2v) is 7.71. The van der Waals surface area contributed by atoms with Crippen molar-refractivity contribution in [2.45, 2.75) is 52.1 Å². The first kappa shape index (κ1) is 19.9.